The number of rotatable bonds is 3. The Bertz CT molecular complexity index is 323. The van der Waals surface area contributed by atoms with E-state index in [4.69, 9.17) is 10.6 Å². The number of benzene rings is 1. The molecular formula is C11H18N2O. The van der Waals surface area contributed by atoms with Crippen LogP contribution in [0.4, 0.5) is 0 Å². The van der Waals surface area contributed by atoms with Gasteiger partial charge in [-0.05, 0) is 38.0 Å². The van der Waals surface area contributed by atoms with Crippen LogP contribution in [0.2, 0.25) is 0 Å². The third-order valence-corrected chi connectivity index (χ3v) is 2.40. The maximum Gasteiger partial charge on any atom is 0.124 e. The Morgan fingerprint density at radius 1 is 1.36 bits per heavy atom. The van der Waals surface area contributed by atoms with Gasteiger partial charge in [0.2, 0.25) is 0 Å². The molecule has 0 amide bonds. The molecule has 0 radical (unpaired) electrons. The second-order valence-corrected chi connectivity index (χ2v) is 3.59. The summed E-state index contributed by atoms with van der Waals surface area (Å²) in [5.74, 6) is 6.33. The van der Waals surface area contributed by atoms with E-state index >= 15 is 0 Å². The van der Waals surface area contributed by atoms with Crippen LogP contribution in [0, 0.1) is 13.8 Å². The molecule has 0 aliphatic heterocycles. The lowest BCUT2D eigenvalue weighted by Crippen LogP contribution is -2.26. The molecule has 1 atom stereocenters. The van der Waals surface area contributed by atoms with E-state index in [-0.39, 0.29) is 6.04 Å². The number of hydrogen-bond donors (Lipinski definition) is 2. The average Bonchev–Trinajstić information content (AvgIpc) is 2.15. The number of hydrazine groups is 1. The summed E-state index contributed by atoms with van der Waals surface area (Å²) < 4.78 is 5.33. The van der Waals surface area contributed by atoms with Gasteiger partial charge in [0.05, 0.1) is 7.11 Å². The molecule has 0 fully saturated rings. The van der Waals surface area contributed by atoms with Crippen molar-refractivity contribution in [2.45, 2.75) is 26.8 Å². The Hall–Kier alpha value is -1.06. The highest BCUT2D eigenvalue weighted by Crippen LogP contribution is 2.29. The maximum absolute atomic E-state index is 5.43. The van der Waals surface area contributed by atoms with Gasteiger partial charge in [0.15, 0.2) is 0 Å². The monoisotopic (exact) mass is 194 g/mol. The lowest BCUT2D eigenvalue weighted by atomic mass is 9.99. The highest BCUT2D eigenvalue weighted by Gasteiger charge is 2.13. The zero-order valence-electron chi connectivity index (χ0n) is 9.22. The van der Waals surface area contributed by atoms with Crippen LogP contribution in [-0.4, -0.2) is 7.11 Å². The predicted molar refractivity (Wildman–Crippen MR) is 58.2 cm³/mol. The fourth-order valence-corrected chi connectivity index (χ4v) is 1.75. The van der Waals surface area contributed by atoms with Gasteiger partial charge in [-0.25, -0.2) is 0 Å². The number of methoxy groups -OCH3 is 1. The molecule has 0 saturated heterocycles. The van der Waals surface area contributed by atoms with Crippen molar-refractivity contribution in [2.24, 2.45) is 5.84 Å². The summed E-state index contributed by atoms with van der Waals surface area (Å²) in [5, 5.41) is 0. The molecule has 0 aromatic heterocycles. The topological polar surface area (TPSA) is 47.3 Å². The van der Waals surface area contributed by atoms with Gasteiger partial charge >= 0.3 is 0 Å². The molecule has 14 heavy (non-hydrogen) atoms. The van der Waals surface area contributed by atoms with Crippen molar-refractivity contribution < 1.29 is 4.74 Å². The molecule has 0 spiro atoms. The second-order valence-electron chi connectivity index (χ2n) is 3.59. The highest BCUT2D eigenvalue weighted by molar-refractivity contribution is 5.44. The molecule has 3 heteroatoms. The van der Waals surface area contributed by atoms with Gasteiger partial charge in [0, 0.05) is 11.6 Å². The molecule has 1 unspecified atom stereocenters. The van der Waals surface area contributed by atoms with Crippen LogP contribution in [0.3, 0.4) is 0 Å². The summed E-state index contributed by atoms with van der Waals surface area (Å²) in [7, 11) is 1.68. The quantitative estimate of drug-likeness (QED) is 0.570. The van der Waals surface area contributed by atoms with Gasteiger partial charge in [-0.15, -0.1) is 0 Å². The van der Waals surface area contributed by atoms with Gasteiger partial charge < -0.3 is 4.74 Å². The molecule has 0 aliphatic rings. The predicted octanol–water partition coefficient (Wildman–Crippen LogP) is 1.84. The highest BCUT2D eigenvalue weighted by atomic mass is 16.5. The normalized spacial score (nSPS) is 12.6. The van der Waals surface area contributed by atoms with Gasteiger partial charge in [-0.2, -0.15) is 0 Å². The van der Waals surface area contributed by atoms with E-state index in [1.54, 1.807) is 7.11 Å². The molecule has 1 aromatic carbocycles. The Morgan fingerprint density at radius 3 is 2.50 bits per heavy atom. The minimum Gasteiger partial charge on any atom is -0.496 e. The number of ether oxygens (including phenoxy) is 1. The lowest BCUT2D eigenvalue weighted by molar-refractivity contribution is 0.401. The number of hydrogen-bond acceptors (Lipinski definition) is 3. The zero-order valence-corrected chi connectivity index (χ0v) is 9.22. The first kappa shape index (κ1) is 11.0. The van der Waals surface area contributed by atoms with Crippen molar-refractivity contribution in [3.05, 3.63) is 28.8 Å². The molecule has 78 valence electrons. The second kappa shape index (κ2) is 4.44. The minimum atomic E-state index is 0.102. The summed E-state index contributed by atoms with van der Waals surface area (Å²) in [6.07, 6.45) is 0. The van der Waals surface area contributed by atoms with E-state index < -0.39 is 0 Å². The average molecular weight is 194 g/mol. The summed E-state index contributed by atoms with van der Waals surface area (Å²) in [4.78, 5) is 0. The first-order chi connectivity index (χ1) is 6.60. The Labute approximate surface area is 85.2 Å². The summed E-state index contributed by atoms with van der Waals surface area (Å²) >= 11 is 0. The van der Waals surface area contributed by atoms with E-state index in [2.05, 4.69) is 25.3 Å². The van der Waals surface area contributed by atoms with Crippen LogP contribution < -0.4 is 16.0 Å². The molecule has 0 aliphatic carbocycles. The Balaban J connectivity index is 3.24. The van der Waals surface area contributed by atoms with Crippen molar-refractivity contribution in [3.8, 4) is 5.75 Å². The first-order valence-corrected chi connectivity index (χ1v) is 4.71. The van der Waals surface area contributed by atoms with Gasteiger partial charge in [-0.3, -0.25) is 11.3 Å². The van der Waals surface area contributed by atoms with Gasteiger partial charge in [0.1, 0.15) is 5.75 Å². The molecule has 3 nitrogen and oxygen atoms in total. The van der Waals surface area contributed by atoms with Crippen molar-refractivity contribution in [3.63, 3.8) is 0 Å². The van der Waals surface area contributed by atoms with Crippen LogP contribution in [-0.2, 0) is 0 Å². The van der Waals surface area contributed by atoms with E-state index in [1.165, 1.54) is 11.1 Å². The largest absolute Gasteiger partial charge is 0.496 e. The summed E-state index contributed by atoms with van der Waals surface area (Å²) in [6.45, 7) is 6.14. The Morgan fingerprint density at radius 2 is 2.00 bits per heavy atom. The third-order valence-electron chi connectivity index (χ3n) is 2.40. The van der Waals surface area contributed by atoms with Gasteiger partial charge in [-0.1, -0.05) is 6.07 Å². The third kappa shape index (κ3) is 2.05. The van der Waals surface area contributed by atoms with Crippen molar-refractivity contribution in [1.29, 1.82) is 0 Å². The Kier molecular flexibility index (Phi) is 3.49. The SMILES string of the molecule is COc1cc(C)cc(C)c1C(C)NN. The first-order valence-electron chi connectivity index (χ1n) is 4.71. The fraction of sp³-hybridized carbons (Fsp3) is 0.455. The number of nitrogens with two attached hydrogens (primary N) is 1. The number of aryl methyl sites for hydroxylation is 2. The fourth-order valence-electron chi connectivity index (χ4n) is 1.75. The van der Waals surface area contributed by atoms with Crippen LogP contribution in [0.1, 0.15) is 29.7 Å². The summed E-state index contributed by atoms with van der Waals surface area (Å²) in [5.41, 5.74) is 6.26. The smallest absolute Gasteiger partial charge is 0.124 e. The lowest BCUT2D eigenvalue weighted by Gasteiger charge is -2.18. The van der Waals surface area contributed by atoms with Crippen LogP contribution in [0.25, 0.3) is 0 Å². The van der Waals surface area contributed by atoms with E-state index in [9.17, 15) is 0 Å². The van der Waals surface area contributed by atoms with E-state index in [0.717, 1.165) is 11.3 Å². The molecule has 0 heterocycles. The van der Waals surface area contributed by atoms with Crippen molar-refractivity contribution in [1.82, 2.24) is 5.43 Å². The number of nitrogens with one attached hydrogen (secondary N) is 1. The maximum atomic E-state index is 5.43. The van der Waals surface area contributed by atoms with Crippen molar-refractivity contribution in [2.75, 3.05) is 7.11 Å². The molecule has 0 saturated carbocycles. The summed E-state index contributed by atoms with van der Waals surface area (Å²) in [6, 6.07) is 4.26. The molecule has 1 aromatic rings. The van der Waals surface area contributed by atoms with Crippen LogP contribution >= 0.6 is 0 Å². The molecule has 0 bridgehead atoms. The van der Waals surface area contributed by atoms with Crippen LogP contribution in [0.5, 0.6) is 5.75 Å². The zero-order chi connectivity index (χ0) is 10.7. The molecular weight excluding hydrogens is 176 g/mol. The van der Waals surface area contributed by atoms with E-state index in [1.807, 2.05) is 13.0 Å². The van der Waals surface area contributed by atoms with Gasteiger partial charge in [0.25, 0.3) is 0 Å². The van der Waals surface area contributed by atoms with Crippen molar-refractivity contribution >= 4 is 0 Å². The van der Waals surface area contributed by atoms with Crippen LogP contribution in [0.15, 0.2) is 12.1 Å². The standard InChI is InChI=1S/C11H18N2O/c1-7-5-8(2)11(9(3)13-12)10(6-7)14-4/h5-6,9,13H,12H2,1-4H3. The molecule has 3 N–H and O–H groups in total. The minimum absolute atomic E-state index is 0.102. The molecule has 1 rings (SSSR count). The van der Waals surface area contributed by atoms with E-state index in [0.29, 0.717) is 0 Å².